The van der Waals surface area contributed by atoms with Crippen molar-refractivity contribution in [3.8, 4) is 0 Å². The van der Waals surface area contributed by atoms with Crippen LogP contribution in [-0.2, 0) is 4.79 Å². The molecule has 3 heteroatoms. The lowest BCUT2D eigenvalue weighted by atomic mass is 9.80. The number of rotatable bonds is 2. The van der Waals surface area contributed by atoms with E-state index >= 15 is 0 Å². The van der Waals surface area contributed by atoms with Crippen LogP contribution in [0.25, 0.3) is 0 Å². The summed E-state index contributed by atoms with van der Waals surface area (Å²) in [6.07, 6.45) is 0.649. The third kappa shape index (κ3) is 2.71. The van der Waals surface area contributed by atoms with Gasteiger partial charge in [-0.25, -0.2) is 0 Å². The van der Waals surface area contributed by atoms with Crippen molar-refractivity contribution in [3.05, 3.63) is 0 Å². The van der Waals surface area contributed by atoms with Gasteiger partial charge >= 0.3 is 0 Å². The Balaban J connectivity index is 2.34. The number of nitrogens with two attached hydrogens (primary N) is 1. The molecule has 1 fully saturated rings. The standard InChI is InChI=1S/C11H22N2O/c1-8(11(2,3)4)5-10(14)13-6-9(12)7-13/h8-9H,5-7,12H2,1-4H3. The number of carbonyl (C=O) groups excluding carboxylic acids is 1. The van der Waals surface area contributed by atoms with Crippen LogP contribution in [0.15, 0.2) is 0 Å². The Morgan fingerprint density at radius 1 is 1.50 bits per heavy atom. The van der Waals surface area contributed by atoms with Gasteiger partial charge in [0, 0.05) is 25.6 Å². The summed E-state index contributed by atoms with van der Waals surface area (Å²) in [5.41, 5.74) is 5.84. The second kappa shape index (κ2) is 3.89. The summed E-state index contributed by atoms with van der Waals surface area (Å²) in [5.74, 6) is 0.681. The summed E-state index contributed by atoms with van der Waals surface area (Å²) in [4.78, 5) is 13.6. The topological polar surface area (TPSA) is 46.3 Å². The first-order chi connectivity index (χ1) is 6.30. The zero-order valence-corrected chi connectivity index (χ0v) is 9.71. The largest absolute Gasteiger partial charge is 0.339 e. The number of likely N-dealkylation sites (tertiary alicyclic amines) is 1. The predicted octanol–water partition coefficient (Wildman–Crippen LogP) is 1.23. The lowest BCUT2D eigenvalue weighted by molar-refractivity contribution is -0.137. The van der Waals surface area contributed by atoms with Gasteiger partial charge in [0.15, 0.2) is 0 Å². The molecule has 0 bridgehead atoms. The van der Waals surface area contributed by atoms with Crippen LogP contribution in [0, 0.1) is 11.3 Å². The van der Waals surface area contributed by atoms with Crippen molar-refractivity contribution in [2.75, 3.05) is 13.1 Å². The average Bonchev–Trinajstić information content (AvgIpc) is 1.96. The highest BCUT2D eigenvalue weighted by molar-refractivity contribution is 5.77. The van der Waals surface area contributed by atoms with Crippen molar-refractivity contribution in [2.24, 2.45) is 17.1 Å². The van der Waals surface area contributed by atoms with Crippen molar-refractivity contribution < 1.29 is 4.79 Å². The van der Waals surface area contributed by atoms with E-state index in [1.54, 1.807) is 0 Å². The van der Waals surface area contributed by atoms with Crippen molar-refractivity contribution in [1.29, 1.82) is 0 Å². The van der Waals surface area contributed by atoms with E-state index in [4.69, 9.17) is 5.73 Å². The van der Waals surface area contributed by atoms with Gasteiger partial charge in [0.2, 0.25) is 5.91 Å². The molecule has 1 unspecified atom stereocenters. The molecule has 1 atom stereocenters. The number of hydrogen-bond donors (Lipinski definition) is 1. The molecule has 2 N–H and O–H groups in total. The molecule has 0 aromatic rings. The Hall–Kier alpha value is -0.570. The summed E-state index contributed by atoms with van der Waals surface area (Å²) in [6.45, 7) is 10.1. The van der Waals surface area contributed by atoms with Gasteiger partial charge in [-0.3, -0.25) is 4.79 Å². The van der Waals surface area contributed by atoms with E-state index in [2.05, 4.69) is 27.7 Å². The van der Waals surface area contributed by atoms with Gasteiger partial charge in [0.1, 0.15) is 0 Å². The highest BCUT2D eigenvalue weighted by Gasteiger charge is 2.30. The van der Waals surface area contributed by atoms with Gasteiger partial charge in [-0.2, -0.15) is 0 Å². The molecule has 0 radical (unpaired) electrons. The predicted molar refractivity (Wildman–Crippen MR) is 57.8 cm³/mol. The van der Waals surface area contributed by atoms with Gasteiger partial charge in [0.25, 0.3) is 0 Å². The van der Waals surface area contributed by atoms with E-state index < -0.39 is 0 Å². The Morgan fingerprint density at radius 3 is 2.36 bits per heavy atom. The minimum absolute atomic E-state index is 0.211. The van der Waals surface area contributed by atoms with Crippen LogP contribution in [0.4, 0.5) is 0 Å². The van der Waals surface area contributed by atoms with Gasteiger partial charge in [-0.1, -0.05) is 27.7 Å². The zero-order chi connectivity index (χ0) is 10.9. The molecule has 0 aliphatic carbocycles. The molecular formula is C11H22N2O. The van der Waals surface area contributed by atoms with Crippen LogP contribution in [0.1, 0.15) is 34.1 Å². The van der Waals surface area contributed by atoms with Crippen LogP contribution >= 0.6 is 0 Å². The zero-order valence-electron chi connectivity index (χ0n) is 9.71. The van der Waals surface area contributed by atoms with Crippen molar-refractivity contribution in [2.45, 2.75) is 40.2 Å². The van der Waals surface area contributed by atoms with E-state index in [-0.39, 0.29) is 17.4 Å². The van der Waals surface area contributed by atoms with E-state index in [1.165, 1.54) is 0 Å². The fraction of sp³-hybridized carbons (Fsp3) is 0.909. The molecule has 1 saturated heterocycles. The monoisotopic (exact) mass is 198 g/mol. The Bertz CT molecular complexity index is 214. The quantitative estimate of drug-likeness (QED) is 0.725. The summed E-state index contributed by atoms with van der Waals surface area (Å²) in [6, 6.07) is 0.212. The van der Waals surface area contributed by atoms with Gasteiger partial charge in [-0.15, -0.1) is 0 Å². The lowest BCUT2D eigenvalue weighted by Gasteiger charge is -2.38. The van der Waals surface area contributed by atoms with Gasteiger partial charge < -0.3 is 10.6 Å². The Kier molecular flexibility index (Phi) is 3.20. The summed E-state index contributed by atoms with van der Waals surface area (Å²) >= 11 is 0. The number of nitrogens with zero attached hydrogens (tertiary/aromatic N) is 1. The minimum Gasteiger partial charge on any atom is -0.339 e. The highest BCUT2D eigenvalue weighted by Crippen LogP contribution is 2.28. The molecule has 0 aromatic carbocycles. The minimum atomic E-state index is 0.211. The van der Waals surface area contributed by atoms with E-state index in [0.717, 1.165) is 13.1 Å². The molecule has 0 aromatic heterocycles. The van der Waals surface area contributed by atoms with Crippen LogP contribution in [0.5, 0.6) is 0 Å². The van der Waals surface area contributed by atoms with E-state index in [9.17, 15) is 4.79 Å². The normalized spacial score (nSPS) is 20.5. The third-order valence-electron chi connectivity index (χ3n) is 3.22. The van der Waals surface area contributed by atoms with Gasteiger partial charge in [0.05, 0.1) is 0 Å². The molecule has 1 aliphatic rings. The molecule has 0 spiro atoms. The first-order valence-corrected chi connectivity index (χ1v) is 5.34. The lowest BCUT2D eigenvalue weighted by Crippen LogP contribution is -2.58. The maximum atomic E-state index is 11.7. The van der Waals surface area contributed by atoms with E-state index in [1.807, 2.05) is 4.90 Å². The molecule has 0 saturated carbocycles. The fourth-order valence-electron chi connectivity index (χ4n) is 1.41. The van der Waals surface area contributed by atoms with Crippen LogP contribution in [0.2, 0.25) is 0 Å². The smallest absolute Gasteiger partial charge is 0.222 e. The molecule has 1 amide bonds. The molecule has 14 heavy (non-hydrogen) atoms. The van der Waals surface area contributed by atoms with Crippen LogP contribution < -0.4 is 5.73 Å². The second-order valence-corrected chi connectivity index (χ2v) is 5.53. The fourth-order valence-corrected chi connectivity index (χ4v) is 1.41. The van der Waals surface area contributed by atoms with Crippen molar-refractivity contribution in [1.82, 2.24) is 4.90 Å². The molecule has 82 valence electrons. The summed E-state index contributed by atoms with van der Waals surface area (Å²) < 4.78 is 0. The Morgan fingerprint density at radius 2 is 2.00 bits per heavy atom. The average molecular weight is 198 g/mol. The van der Waals surface area contributed by atoms with Crippen molar-refractivity contribution in [3.63, 3.8) is 0 Å². The van der Waals surface area contributed by atoms with Crippen LogP contribution in [-0.4, -0.2) is 29.9 Å². The number of hydrogen-bond acceptors (Lipinski definition) is 2. The maximum absolute atomic E-state index is 11.7. The second-order valence-electron chi connectivity index (χ2n) is 5.53. The number of carbonyl (C=O) groups is 1. The first kappa shape index (κ1) is 11.5. The highest BCUT2D eigenvalue weighted by atomic mass is 16.2. The SMILES string of the molecule is CC(CC(=O)N1CC(N)C1)C(C)(C)C. The number of amides is 1. The van der Waals surface area contributed by atoms with E-state index in [0.29, 0.717) is 12.3 Å². The third-order valence-corrected chi connectivity index (χ3v) is 3.22. The summed E-state index contributed by atoms with van der Waals surface area (Å²) in [5, 5.41) is 0. The molecule has 1 rings (SSSR count). The molecule has 1 heterocycles. The molecular weight excluding hydrogens is 176 g/mol. The maximum Gasteiger partial charge on any atom is 0.222 e. The first-order valence-electron chi connectivity index (χ1n) is 5.34. The van der Waals surface area contributed by atoms with Gasteiger partial charge in [-0.05, 0) is 11.3 Å². The molecule has 3 nitrogen and oxygen atoms in total. The molecule has 1 aliphatic heterocycles. The summed E-state index contributed by atoms with van der Waals surface area (Å²) in [7, 11) is 0. The van der Waals surface area contributed by atoms with Crippen molar-refractivity contribution >= 4 is 5.91 Å². The Labute approximate surface area is 86.6 Å². The van der Waals surface area contributed by atoms with Crippen LogP contribution in [0.3, 0.4) is 0 Å².